The zero-order chi connectivity index (χ0) is 18.2. The van der Waals surface area contributed by atoms with Crippen molar-refractivity contribution >= 4 is 11.8 Å². The Bertz CT molecular complexity index is 712. The van der Waals surface area contributed by atoms with Crippen molar-refractivity contribution < 1.29 is 19.1 Å². The Balaban J connectivity index is 1.96. The van der Waals surface area contributed by atoms with E-state index < -0.39 is 6.04 Å². The monoisotopic (exact) mass is 343 g/mol. The van der Waals surface area contributed by atoms with Crippen LogP contribution >= 0.6 is 0 Å². The number of nitrogens with zero attached hydrogens (tertiary/aromatic N) is 1. The molecule has 0 aliphatic heterocycles. The molecule has 0 radical (unpaired) electrons. The van der Waals surface area contributed by atoms with Gasteiger partial charge < -0.3 is 20.1 Å². The van der Waals surface area contributed by atoms with Gasteiger partial charge in [0.25, 0.3) is 5.91 Å². The molecule has 1 aromatic heterocycles. The number of nitrogens with one attached hydrogen (secondary N) is 2. The second kappa shape index (κ2) is 8.68. The van der Waals surface area contributed by atoms with E-state index in [4.69, 9.17) is 9.47 Å². The van der Waals surface area contributed by atoms with Crippen LogP contribution in [0.25, 0.3) is 0 Å². The number of amides is 2. The van der Waals surface area contributed by atoms with Gasteiger partial charge in [-0.2, -0.15) is 0 Å². The second-order valence-corrected chi connectivity index (χ2v) is 5.38. The van der Waals surface area contributed by atoms with Crippen molar-refractivity contribution in [1.29, 1.82) is 0 Å². The van der Waals surface area contributed by atoms with E-state index in [1.807, 2.05) is 6.07 Å². The molecule has 25 heavy (non-hydrogen) atoms. The first kappa shape index (κ1) is 18.3. The first-order valence-electron chi connectivity index (χ1n) is 7.74. The SMILES string of the molecule is COc1cc(OC)cc(C(=O)N[C@H](C)C(=O)NCc2cccnc2)c1. The van der Waals surface area contributed by atoms with Gasteiger partial charge >= 0.3 is 0 Å². The molecule has 0 spiro atoms. The van der Waals surface area contributed by atoms with Gasteiger partial charge in [-0.05, 0) is 30.7 Å². The topological polar surface area (TPSA) is 89.5 Å². The molecule has 0 fully saturated rings. The summed E-state index contributed by atoms with van der Waals surface area (Å²) in [6.45, 7) is 1.97. The molecule has 2 amide bonds. The Hall–Kier alpha value is -3.09. The molecule has 0 saturated heterocycles. The van der Waals surface area contributed by atoms with Crippen LogP contribution < -0.4 is 20.1 Å². The maximum Gasteiger partial charge on any atom is 0.252 e. The number of carbonyl (C=O) groups excluding carboxylic acids is 2. The highest BCUT2D eigenvalue weighted by molar-refractivity contribution is 5.98. The van der Waals surface area contributed by atoms with Crippen LogP contribution in [0.1, 0.15) is 22.8 Å². The van der Waals surface area contributed by atoms with E-state index in [0.29, 0.717) is 23.6 Å². The molecule has 7 heteroatoms. The molecule has 0 aliphatic rings. The summed E-state index contributed by atoms with van der Waals surface area (Å²) in [4.78, 5) is 28.5. The van der Waals surface area contributed by atoms with Crippen molar-refractivity contribution in [3.63, 3.8) is 0 Å². The Kier molecular flexibility index (Phi) is 6.33. The van der Waals surface area contributed by atoms with Gasteiger partial charge in [0.1, 0.15) is 17.5 Å². The number of carbonyl (C=O) groups is 2. The fourth-order valence-electron chi connectivity index (χ4n) is 2.13. The minimum absolute atomic E-state index is 0.285. The third-order valence-electron chi connectivity index (χ3n) is 3.54. The standard InChI is InChI=1S/C18H21N3O4/c1-12(17(22)20-11-13-5-4-6-19-10-13)21-18(23)14-7-15(24-2)9-16(8-14)25-3/h4-10,12H,11H2,1-3H3,(H,20,22)(H,21,23)/t12-/m1/s1. The number of rotatable bonds is 7. The summed E-state index contributed by atoms with van der Waals surface area (Å²) >= 11 is 0. The molecule has 1 aromatic carbocycles. The number of aromatic nitrogens is 1. The first-order chi connectivity index (χ1) is 12.0. The van der Waals surface area contributed by atoms with Crippen LogP contribution in [-0.2, 0) is 11.3 Å². The predicted octanol–water partition coefficient (Wildman–Crippen LogP) is 1.53. The highest BCUT2D eigenvalue weighted by Gasteiger charge is 2.17. The summed E-state index contributed by atoms with van der Waals surface area (Å²) in [6, 6.07) is 7.79. The number of benzene rings is 1. The molecule has 0 aliphatic carbocycles. The molecular formula is C18H21N3O4. The minimum atomic E-state index is -0.693. The predicted molar refractivity (Wildman–Crippen MR) is 92.6 cm³/mol. The zero-order valence-corrected chi connectivity index (χ0v) is 14.4. The summed E-state index contributed by atoms with van der Waals surface area (Å²) in [5.74, 6) is 0.324. The van der Waals surface area contributed by atoms with Crippen LogP contribution in [0.4, 0.5) is 0 Å². The molecule has 132 valence electrons. The average Bonchev–Trinajstić information content (AvgIpc) is 2.66. The number of ether oxygens (including phenoxy) is 2. The van der Waals surface area contributed by atoms with Crippen LogP contribution in [0, 0.1) is 0 Å². The Morgan fingerprint density at radius 1 is 1.16 bits per heavy atom. The molecule has 2 aromatic rings. The molecule has 7 nitrogen and oxygen atoms in total. The van der Waals surface area contributed by atoms with Crippen molar-refractivity contribution in [1.82, 2.24) is 15.6 Å². The van der Waals surface area contributed by atoms with Crippen LogP contribution in [0.2, 0.25) is 0 Å². The van der Waals surface area contributed by atoms with Crippen molar-refractivity contribution in [2.45, 2.75) is 19.5 Å². The maximum absolute atomic E-state index is 12.4. The molecular weight excluding hydrogens is 322 g/mol. The Labute approximate surface area is 146 Å². The van der Waals surface area contributed by atoms with Crippen molar-refractivity contribution in [2.75, 3.05) is 14.2 Å². The summed E-state index contributed by atoms with van der Waals surface area (Å²) in [5.41, 5.74) is 1.23. The maximum atomic E-state index is 12.4. The quantitative estimate of drug-likeness (QED) is 0.796. The average molecular weight is 343 g/mol. The van der Waals surface area contributed by atoms with Gasteiger partial charge in [-0.25, -0.2) is 0 Å². The molecule has 0 unspecified atom stereocenters. The molecule has 2 rings (SSSR count). The number of hydrogen-bond donors (Lipinski definition) is 2. The lowest BCUT2D eigenvalue weighted by molar-refractivity contribution is -0.122. The third kappa shape index (κ3) is 5.20. The van der Waals surface area contributed by atoms with E-state index in [-0.39, 0.29) is 11.8 Å². The molecule has 1 heterocycles. The lowest BCUT2D eigenvalue weighted by Gasteiger charge is -2.15. The van der Waals surface area contributed by atoms with Gasteiger partial charge in [0.15, 0.2) is 0 Å². The van der Waals surface area contributed by atoms with Crippen molar-refractivity contribution in [3.8, 4) is 11.5 Å². The lowest BCUT2D eigenvalue weighted by atomic mass is 10.1. The summed E-state index contributed by atoms with van der Waals surface area (Å²) < 4.78 is 10.3. The summed E-state index contributed by atoms with van der Waals surface area (Å²) in [5, 5.41) is 5.41. The second-order valence-electron chi connectivity index (χ2n) is 5.38. The van der Waals surface area contributed by atoms with Gasteiger partial charge in [0.05, 0.1) is 14.2 Å². The van der Waals surface area contributed by atoms with Gasteiger partial charge in [-0.3, -0.25) is 14.6 Å². The minimum Gasteiger partial charge on any atom is -0.497 e. The Morgan fingerprint density at radius 2 is 1.84 bits per heavy atom. The van der Waals surface area contributed by atoms with E-state index in [2.05, 4.69) is 15.6 Å². The van der Waals surface area contributed by atoms with Crippen LogP contribution in [0.15, 0.2) is 42.7 Å². The van der Waals surface area contributed by atoms with Crippen LogP contribution in [0.3, 0.4) is 0 Å². The zero-order valence-electron chi connectivity index (χ0n) is 14.4. The third-order valence-corrected chi connectivity index (χ3v) is 3.54. The van der Waals surface area contributed by atoms with E-state index in [1.165, 1.54) is 14.2 Å². The smallest absolute Gasteiger partial charge is 0.252 e. The van der Waals surface area contributed by atoms with Crippen LogP contribution in [0.5, 0.6) is 11.5 Å². The van der Waals surface area contributed by atoms with Crippen LogP contribution in [-0.4, -0.2) is 37.1 Å². The van der Waals surface area contributed by atoms with E-state index in [1.54, 1.807) is 43.6 Å². The summed E-state index contributed by atoms with van der Waals surface area (Å²) in [6.07, 6.45) is 3.34. The van der Waals surface area contributed by atoms with Gasteiger partial charge in [-0.15, -0.1) is 0 Å². The number of hydrogen-bond acceptors (Lipinski definition) is 5. The highest BCUT2D eigenvalue weighted by atomic mass is 16.5. The van der Waals surface area contributed by atoms with Gasteiger partial charge in [0.2, 0.25) is 5.91 Å². The highest BCUT2D eigenvalue weighted by Crippen LogP contribution is 2.22. The molecule has 0 saturated carbocycles. The van der Waals surface area contributed by atoms with Gasteiger partial charge in [0, 0.05) is 30.6 Å². The van der Waals surface area contributed by atoms with Crippen molar-refractivity contribution in [2.24, 2.45) is 0 Å². The summed E-state index contributed by atoms with van der Waals surface area (Å²) in [7, 11) is 3.01. The first-order valence-corrected chi connectivity index (χ1v) is 7.74. The fourth-order valence-corrected chi connectivity index (χ4v) is 2.13. The fraction of sp³-hybridized carbons (Fsp3) is 0.278. The molecule has 0 bridgehead atoms. The molecule has 1 atom stereocenters. The number of methoxy groups -OCH3 is 2. The molecule has 2 N–H and O–H groups in total. The van der Waals surface area contributed by atoms with E-state index in [9.17, 15) is 9.59 Å². The normalized spacial score (nSPS) is 11.3. The lowest BCUT2D eigenvalue weighted by Crippen LogP contribution is -2.44. The van der Waals surface area contributed by atoms with Gasteiger partial charge in [-0.1, -0.05) is 6.07 Å². The van der Waals surface area contributed by atoms with E-state index >= 15 is 0 Å². The number of pyridine rings is 1. The van der Waals surface area contributed by atoms with E-state index in [0.717, 1.165) is 5.56 Å². The largest absolute Gasteiger partial charge is 0.497 e. The van der Waals surface area contributed by atoms with Crippen molar-refractivity contribution in [3.05, 3.63) is 53.9 Å². The Morgan fingerprint density at radius 3 is 2.40 bits per heavy atom.